The van der Waals surface area contributed by atoms with Crippen LogP contribution >= 0.6 is 0 Å². The molecule has 3 nitrogen and oxygen atoms in total. The van der Waals surface area contributed by atoms with Gasteiger partial charge in [-0.25, -0.2) is 4.98 Å². The van der Waals surface area contributed by atoms with Gasteiger partial charge in [0.05, 0.1) is 50.7 Å². The molecule has 6 aromatic carbocycles. The predicted molar refractivity (Wildman–Crippen MR) is 241 cm³/mol. The molecule has 1 aromatic heterocycles. The van der Waals surface area contributed by atoms with Crippen molar-refractivity contribution in [1.82, 2.24) is 4.98 Å². The molecule has 0 saturated carbocycles. The van der Waals surface area contributed by atoms with Crippen molar-refractivity contribution in [3.05, 3.63) is 202 Å². The SMILES string of the molecule is CC(C)c1ccc(Oc2cncc[n+]2Cc2ccccc2)cc1.FC(F)(F)c1cc([B-](c2cc(C(F)(F)F)cc(C(F)(F)F)c2)(c2cc(C(F)(F)F)cc(C(F)(F)F)c2)c2cc(C(F)(F)F)cc(C(F)(F)F)c2)cc(C(F)(F)F)c1. The van der Waals surface area contributed by atoms with E-state index >= 15 is 0 Å². The van der Waals surface area contributed by atoms with Gasteiger partial charge in [-0.2, -0.15) is 132 Å². The molecule has 0 bridgehead atoms. The van der Waals surface area contributed by atoms with Crippen molar-refractivity contribution in [2.45, 2.75) is 75.7 Å². The molecule has 0 amide bonds. The summed E-state index contributed by atoms with van der Waals surface area (Å²) in [5, 5.41) is 0. The van der Waals surface area contributed by atoms with Gasteiger partial charge < -0.3 is 4.74 Å². The lowest BCUT2D eigenvalue weighted by Gasteiger charge is -2.46. The Morgan fingerprint density at radius 3 is 0.950 bits per heavy atom. The molecule has 1 heterocycles. The number of hydrogen-bond acceptors (Lipinski definition) is 2. The molecule has 428 valence electrons. The smallest absolute Gasteiger partial charge is 0.404 e. The number of benzene rings is 6. The molecule has 0 aliphatic heterocycles. The number of ether oxygens (including phenoxy) is 1. The van der Waals surface area contributed by atoms with Crippen LogP contribution in [0, 0.1) is 0 Å². The minimum Gasteiger partial charge on any atom is -0.404 e. The summed E-state index contributed by atoms with van der Waals surface area (Å²) >= 11 is 0. The summed E-state index contributed by atoms with van der Waals surface area (Å²) in [6, 6.07) is 9.75. The fraction of sp³-hybridized carbons (Fsp3) is 0.231. The molecular formula is C52H33BF24N2O. The minimum atomic E-state index is -6.13. The fourth-order valence-corrected chi connectivity index (χ4v) is 8.48. The zero-order valence-electron chi connectivity index (χ0n) is 40.1. The second kappa shape index (κ2) is 21.9. The molecule has 80 heavy (non-hydrogen) atoms. The Labute approximate surface area is 436 Å². The zero-order valence-corrected chi connectivity index (χ0v) is 40.1. The average Bonchev–Trinajstić information content (AvgIpc) is 3.33. The van der Waals surface area contributed by atoms with Crippen LogP contribution in [0.3, 0.4) is 0 Å². The van der Waals surface area contributed by atoms with Gasteiger partial charge >= 0.3 is 55.3 Å². The third kappa shape index (κ3) is 14.5. The van der Waals surface area contributed by atoms with E-state index in [0.717, 1.165) is 18.2 Å². The number of nitrogens with zero attached hydrogens (tertiary/aromatic N) is 2. The van der Waals surface area contributed by atoms with Crippen LogP contribution in [-0.4, -0.2) is 11.1 Å². The summed E-state index contributed by atoms with van der Waals surface area (Å²) in [5.41, 5.74) is -27.7. The Kier molecular flexibility index (Phi) is 16.9. The first-order chi connectivity index (χ1) is 36.5. The van der Waals surface area contributed by atoms with E-state index in [0.29, 0.717) is 5.92 Å². The Bertz CT molecular complexity index is 2860. The van der Waals surface area contributed by atoms with Crippen LogP contribution in [-0.2, 0) is 56.0 Å². The van der Waals surface area contributed by atoms with Gasteiger partial charge in [-0.15, -0.1) is 0 Å². The average molecular weight is 1170 g/mol. The molecule has 7 aromatic rings. The Hall–Kier alpha value is -7.42. The maximum absolute atomic E-state index is 14.2. The highest BCUT2D eigenvalue weighted by molar-refractivity contribution is 7.20. The molecule has 0 aliphatic rings. The first kappa shape index (κ1) is 61.8. The molecule has 0 aliphatic carbocycles. The van der Waals surface area contributed by atoms with Crippen LogP contribution < -0.4 is 31.2 Å². The molecule has 7 rings (SSSR count). The number of halogens is 24. The first-order valence-electron chi connectivity index (χ1n) is 22.5. The quantitative estimate of drug-likeness (QED) is 0.0818. The third-order valence-electron chi connectivity index (χ3n) is 12.2. The summed E-state index contributed by atoms with van der Waals surface area (Å²) in [7, 11) is 0. The van der Waals surface area contributed by atoms with E-state index in [4.69, 9.17) is 4.74 Å². The summed E-state index contributed by atoms with van der Waals surface area (Å²) in [6.45, 7) is 5.12. The van der Waals surface area contributed by atoms with Crippen LogP contribution in [0.15, 0.2) is 146 Å². The predicted octanol–water partition coefficient (Wildman–Crippen LogP) is 15.5. The van der Waals surface area contributed by atoms with E-state index in [-0.39, 0.29) is 0 Å². The number of rotatable bonds is 9. The lowest BCUT2D eigenvalue weighted by Crippen LogP contribution is -2.75. The Balaban J connectivity index is 0.000000370. The zero-order chi connectivity index (χ0) is 60.0. The summed E-state index contributed by atoms with van der Waals surface area (Å²) in [6.07, 6.45) is -49.3. The summed E-state index contributed by atoms with van der Waals surface area (Å²) in [4.78, 5) is 4.18. The van der Waals surface area contributed by atoms with Gasteiger partial charge in [0.15, 0.2) is 12.7 Å². The van der Waals surface area contributed by atoms with Crippen molar-refractivity contribution in [3.8, 4) is 11.6 Å². The Morgan fingerprint density at radius 2 is 0.688 bits per heavy atom. The molecule has 0 N–H and O–H groups in total. The molecule has 0 saturated heterocycles. The Morgan fingerprint density at radius 1 is 0.400 bits per heavy atom. The normalized spacial score (nSPS) is 13.3. The molecule has 28 heteroatoms. The van der Waals surface area contributed by atoms with Crippen molar-refractivity contribution in [2.24, 2.45) is 0 Å². The van der Waals surface area contributed by atoms with E-state index in [1.165, 1.54) is 11.1 Å². The van der Waals surface area contributed by atoms with Gasteiger partial charge in [-0.3, -0.25) is 0 Å². The van der Waals surface area contributed by atoms with Crippen LogP contribution in [0.25, 0.3) is 0 Å². The van der Waals surface area contributed by atoms with Gasteiger partial charge in [0, 0.05) is 5.56 Å². The van der Waals surface area contributed by atoms with E-state index < -0.39 is 195 Å². The molecule has 0 spiro atoms. The van der Waals surface area contributed by atoms with Crippen LogP contribution in [0.2, 0.25) is 0 Å². The number of hydrogen-bond donors (Lipinski definition) is 0. The van der Waals surface area contributed by atoms with Gasteiger partial charge in [0.2, 0.25) is 0 Å². The highest BCUT2D eigenvalue weighted by Gasteiger charge is 2.47. The van der Waals surface area contributed by atoms with Gasteiger partial charge in [0.1, 0.15) is 18.1 Å². The second-order valence-corrected chi connectivity index (χ2v) is 18.1. The minimum absolute atomic E-state index is 0.519. The molecule has 0 unspecified atom stereocenters. The van der Waals surface area contributed by atoms with E-state index in [1.54, 1.807) is 12.4 Å². The number of alkyl halides is 24. The summed E-state index contributed by atoms with van der Waals surface area (Å²) < 4.78 is 349. The highest BCUT2D eigenvalue weighted by Crippen LogP contribution is 2.41. The lowest BCUT2D eigenvalue weighted by molar-refractivity contribution is -0.692. The largest absolute Gasteiger partial charge is 0.416 e. The van der Waals surface area contributed by atoms with Crippen molar-refractivity contribution in [2.75, 3.05) is 0 Å². The van der Waals surface area contributed by atoms with Crippen LogP contribution in [0.1, 0.15) is 75.4 Å². The van der Waals surface area contributed by atoms with Crippen molar-refractivity contribution in [1.29, 1.82) is 0 Å². The maximum Gasteiger partial charge on any atom is 0.416 e. The topological polar surface area (TPSA) is 26.0 Å². The lowest BCUT2D eigenvalue weighted by atomic mass is 9.12. The van der Waals surface area contributed by atoms with Crippen molar-refractivity contribution >= 4 is 28.0 Å². The molecule has 0 fully saturated rings. The molecular weight excluding hydrogens is 1140 g/mol. The summed E-state index contributed by atoms with van der Waals surface area (Å²) in [5.74, 6) is 2.07. The monoisotopic (exact) mass is 1170 g/mol. The maximum atomic E-state index is 14.2. The van der Waals surface area contributed by atoms with Crippen LogP contribution in [0.5, 0.6) is 11.6 Å². The highest BCUT2D eigenvalue weighted by atomic mass is 19.4. The molecule has 0 radical (unpaired) electrons. The van der Waals surface area contributed by atoms with E-state index in [2.05, 4.69) is 47.7 Å². The van der Waals surface area contributed by atoms with Crippen LogP contribution in [0.4, 0.5) is 105 Å². The standard InChI is InChI=1S/C32H12BF24.C20H21N2O/c34-25(35,36)13-1-14(26(37,38)39)6-21(5-13)33(22-7-15(27(40,41)42)2-16(8-22)28(43,44)45,23-9-17(29(46,47)48)3-18(10-23)30(49,50)51)24-11-19(31(52,53)54)4-20(12-24)32(55,56)57;1-16(2)18-8-10-19(11-9-18)23-20-14-21-12-13-22(20)15-17-6-4-3-5-7-17/h1-12H;3-14,16H,15H2,1-2H3/q-1;+1. The third-order valence-corrected chi connectivity index (χ3v) is 12.2. The van der Waals surface area contributed by atoms with Gasteiger partial charge in [-0.05, 0) is 47.9 Å². The molecule has 0 atom stereocenters. The second-order valence-electron chi connectivity index (χ2n) is 18.1. The number of aromatic nitrogens is 2. The first-order valence-corrected chi connectivity index (χ1v) is 22.5. The van der Waals surface area contributed by atoms with Crippen molar-refractivity contribution in [3.63, 3.8) is 0 Å². The van der Waals surface area contributed by atoms with Gasteiger partial charge in [0.25, 0.3) is 0 Å². The fourth-order valence-electron chi connectivity index (χ4n) is 8.48. The van der Waals surface area contributed by atoms with E-state index in [1.807, 2.05) is 36.5 Å². The van der Waals surface area contributed by atoms with E-state index in [9.17, 15) is 105 Å². The van der Waals surface area contributed by atoms with Gasteiger partial charge in [-0.1, -0.05) is 105 Å². The van der Waals surface area contributed by atoms with Crippen molar-refractivity contribution < 1.29 is 115 Å².